The number of piperidine rings is 1. The summed E-state index contributed by atoms with van der Waals surface area (Å²) in [4.78, 5) is 39.3. The number of rotatable bonds is 5. The zero-order valence-corrected chi connectivity index (χ0v) is 18.6. The molecule has 2 aliphatic rings. The van der Waals surface area contributed by atoms with Crippen LogP contribution in [0.15, 0.2) is 35.4 Å². The van der Waals surface area contributed by atoms with Crippen molar-refractivity contribution in [1.82, 2.24) is 29.4 Å². The van der Waals surface area contributed by atoms with E-state index in [9.17, 15) is 9.59 Å². The van der Waals surface area contributed by atoms with Crippen LogP contribution in [0.3, 0.4) is 0 Å². The molecule has 1 amide bonds. The maximum absolute atomic E-state index is 13.4. The summed E-state index contributed by atoms with van der Waals surface area (Å²) in [7, 11) is 0. The van der Waals surface area contributed by atoms with Crippen molar-refractivity contribution in [2.24, 2.45) is 0 Å². The second kappa shape index (κ2) is 8.86. The largest absolute Gasteiger partial charge is 0.334 e. The van der Waals surface area contributed by atoms with Gasteiger partial charge in [0.25, 0.3) is 5.56 Å². The van der Waals surface area contributed by atoms with E-state index in [1.54, 1.807) is 10.7 Å². The number of hydrogen-bond acceptors (Lipinski definition) is 5. The van der Waals surface area contributed by atoms with Gasteiger partial charge in [-0.25, -0.2) is 9.50 Å². The first kappa shape index (κ1) is 20.9. The van der Waals surface area contributed by atoms with Gasteiger partial charge in [-0.2, -0.15) is 0 Å². The van der Waals surface area contributed by atoms with Crippen molar-refractivity contribution in [3.05, 3.63) is 63.5 Å². The number of aromatic amines is 1. The number of fused-ring (bicyclic) bond motifs is 2. The average Bonchev–Trinajstić information content (AvgIpc) is 3.25. The Morgan fingerprint density at radius 2 is 2.19 bits per heavy atom. The van der Waals surface area contributed by atoms with Gasteiger partial charge in [-0.05, 0) is 37.3 Å². The monoisotopic (exact) mass is 434 g/mol. The summed E-state index contributed by atoms with van der Waals surface area (Å²) in [5.41, 5.74) is 4.32. The number of pyridine rings is 1. The first-order valence-electron chi connectivity index (χ1n) is 11.7. The van der Waals surface area contributed by atoms with Crippen LogP contribution in [0.4, 0.5) is 0 Å². The van der Waals surface area contributed by atoms with E-state index in [0.29, 0.717) is 18.6 Å². The van der Waals surface area contributed by atoms with E-state index in [1.165, 1.54) is 0 Å². The fourth-order valence-electron chi connectivity index (χ4n) is 5.02. The molecule has 3 aromatic rings. The molecule has 8 nitrogen and oxygen atoms in total. The number of H-pyrrole nitrogens is 1. The van der Waals surface area contributed by atoms with E-state index in [-0.39, 0.29) is 17.5 Å². The Bertz CT molecular complexity index is 1170. The van der Waals surface area contributed by atoms with Crippen LogP contribution < -0.4 is 5.56 Å². The highest BCUT2D eigenvalue weighted by atomic mass is 16.2. The van der Waals surface area contributed by atoms with Crippen LogP contribution >= 0.6 is 0 Å². The van der Waals surface area contributed by atoms with E-state index in [2.05, 4.69) is 21.0 Å². The van der Waals surface area contributed by atoms with Crippen molar-refractivity contribution in [2.75, 3.05) is 13.1 Å². The van der Waals surface area contributed by atoms with Crippen molar-refractivity contribution < 1.29 is 4.79 Å². The molecule has 0 bridgehead atoms. The number of likely N-dealkylation sites (tertiary alicyclic amines) is 1. The van der Waals surface area contributed by atoms with E-state index < -0.39 is 0 Å². The molecule has 0 radical (unpaired) electrons. The second-order valence-corrected chi connectivity index (χ2v) is 8.92. The molecule has 1 saturated heterocycles. The summed E-state index contributed by atoms with van der Waals surface area (Å²) >= 11 is 0. The predicted molar refractivity (Wildman–Crippen MR) is 121 cm³/mol. The molecule has 0 unspecified atom stereocenters. The van der Waals surface area contributed by atoms with Gasteiger partial charge >= 0.3 is 0 Å². The SMILES string of the molecule is CCCC(=O)N1CCCC[C@@H]1c1cc2nc3c(c(=O)n2[nH]1)CN(Cc1cccnc1)CC3. The highest BCUT2D eigenvalue weighted by molar-refractivity contribution is 5.76. The molecular formula is C24H30N6O2. The Kier molecular flexibility index (Phi) is 5.78. The van der Waals surface area contributed by atoms with Crippen LogP contribution in [0.25, 0.3) is 5.65 Å². The second-order valence-electron chi connectivity index (χ2n) is 8.92. The fraction of sp³-hybridized carbons (Fsp3) is 0.500. The summed E-state index contributed by atoms with van der Waals surface area (Å²) in [6.07, 6.45) is 8.84. The molecule has 1 N–H and O–H groups in total. The van der Waals surface area contributed by atoms with E-state index >= 15 is 0 Å². The zero-order chi connectivity index (χ0) is 22.1. The molecule has 3 aromatic heterocycles. The van der Waals surface area contributed by atoms with Gasteiger partial charge in [-0.15, -0.1) is 0 Å². The first-order valence-corrected chi connectivity index (χ1v) is 11.7. The molecular weight excluding hydrogens is 404 g/mol. The van der Waals surface area contributed by atoms with Gasteiger partial charge < -0.3 is 4.90 Å². The number of carbonyl (C=O) groups excluding carboxylic acids is 1. The van der Waals surface area contributed by atoms with E-state index in [0.717, 1.165) is 74.3 Å². The Morgan fingerprint density at radius 1 is 1.28 bits per heavy atom. The van der Waals surface area contributed by atoms with Crippen LogP contribution in [0, 0.1) is 0 Å². The molecule has 2 aliphatic heterocycles. The third-order valence-corrected chi connectivity index (χ3v) is 6.64. The first-order chi connectivity index (χ1) is 15.6. The summed E-state index contributed by atoms with van der Waals surface area (Å²) in [6.45, 7) is 5.02. The minimum Gasteiger partial charge on any atom is -0.334 e. The molecule has 0 spiro atoms. The third-order valence-electron chi connectivity index (χ3n) is 6.64. The smallest absolute Gasteiger partial charge is 0.277 e. The van der Waals surface area contributed by atoms with Gasteiger partial charge in [0.15, 0.2) is 5.65 Å². The molecule has 0 aromatic carbocycles. The molecule has 0 aliphatic carbocycles. The molecule has 1 fully saturated rings. The summed E-state index contributed by atoms with van der Waals surface area (Å²) in [6, 6.07) is 5.95. The fourth-order valence-corrected chi connectivity index (χ4v) is 5.02. The standard InChI is InChI=1S/C24H30N6O2/c1-2-6-23(31)29-11-4-3-8-21(29)20-13-22-26-19-9-12-28(15-17-7-5-10-25-14-17)16-18(19)24(32)30(22)27-20/h5,7,10,13-14,21,27H,2-4,6,8-9,11-12,15-16H2,1H3/t21-/m1/s1. The van der Waals surface area contributed by atoms with Crippen LogP contribution in [-0.2, 0) is 24.3 Å². The molecule has 32 heavy (non-hydrogen) atoms. The summed E-state index contributed by atoms with van der Waals surface area (Å²) in [5.74, 6) is 0.196. The van der Waals surface area contributed by atoms with E-state index in [1.807, 2.05) is 30.2 Å². The van der Waals surface area contributed by atoms with Gasteiger partial charge in [0.05, 0.1) is 23.0 Å². The van der Waals surface area contributed by atoms with Crippen molar-refractivity contribution in [2.45, 2.75) is 64.6 Å². The molecule has 5 heterocycles. The number of nitrogens with one attached hydrogen (secondary N) is 1. The maximum Gasteiger partial charge on any atom is 0.277 e. The lowest BCUT2D eigenvalue weighted by Gasteiger charge is -2.35. The lowest BCUT2D eigenvalue weighted by molar-refractivity contribution is -0.135. The molecule has 0 saturated carbocycles. The summed E-state index contributed by atoms with van der Waals surface area (Å²) < 4.78 is 1.57. The quantitative estimate of drug-likeness (QED) is 0.667. The highest BCUT2D eigenvalue weighted by Crippen LogP contribution is 2.31. The van der Waals surface area contributed by atoms with E-state index in [4.69, 9.17) is 4.98 Å². The highest BCUT2D eigenvalue weighted by Gasteiger charge is 2.30. The number of aromatic nitrogens is 4. The normalized spacial score (nSPS) is 19.3. The molecule has 8 heteroatoms. The van der Waals surface area contributed by atoms with Crippen molar-refractivity contribution in [3.8, 4) is 0 Å². The third kappa shape index (κ3) is 3.95. The van der Waals surface area contributed by atoms with Crippen molar-refractivity contribution >= 4 is 11.6 Å². The van der Waals surface area contributed by atoms with Gasteiger partial charge in [-0.1, -0.05) is 13.0 Å². The Hall–Kier alpha value is -3.00. The number of nitrogens with zero attached hydrogens (tertiary/aromatic N) is 5. The lowest BCUT2D eigenvalue weighted by Crippen LogP contribution is -2.38. The van der Waals surface area contributed by atoms with Crippen LogP contribution in [0.1, 0.15) is 67.6 Å². The van der Waals surface area contributed by atoms with Gasteiger partial charge in [-0.3, -0.25) is 24.6 Å². The van der Waals surface area contributed by atoms with Crippen LogP contribution in [-0.4, -0.2) is 48.4 Å². The average molecular weight is 435 g/mol. The molecule has 168 valence electrons. The van der Waals surface area contributed by atoms with Gasteiger partial charge in [0.1, 0.15) is 0 Å². The van der Waals surface area contributed by atoms with Crippen LogP contribution in [0.5, 0.6) is 0 Å². The number of carbonyl (C=O) groups is 1. The van der Waals surface area contributed by atoms with Crippen molar-refractivity contribution in [3.63, 3.8) is 0 Å². The minimum absolute atomic E-state index is 0.0111. The zero-order valence-electron chi connectivity index (χ0n) is 18.6. The topological polar surface area (TPSA) is 86.6 Å². The Balaban J connectivity index is 1.44. The predicted octanol–water partition coefficient (Wildman–Crippen LogP) is 2.83. The van der Waals surface area contributed by atoms with Crippen LogP contribution in [0.2, 0.25) is 0 Å². The Labute approximate surface area is 187 Å². The lowest BCUT2D eigenvalue weighted by atomic mass is 9.98. The van der Waals surface area contributed by atoms with Gasteiger partial charge in [0, 0.05) is 57.5 Å². The minimum atomic E-state index is -0.0330. The molecule has 5 rings (SSSR count). The summed E-state index contributed by atoms with van der Waals surface area (Å²) in [5, 5.41) is 3.29. The molecule has 1 atom stereocenters. The maximum atomic E-state index is 13.4. The number of amides is 1. The van der Waals surface area contributed by atoms with Gasteiger partial charge in [0.2, 0.25) is 5.91 Å². The Morgan fingerprint density at radius 3 is 3.00 bits per heavy atom. The number of hydrogen-bond donors (Lipinski definition) is 1. The van der Waals surface area contributed by atoms with Crippen molar-refractivity contribution in [1.29, 1.82) is 0 Å².